The maximum absolute atomic E-state index is 11.8. The number of fused-ring (bicyclic) bond motifs is 1. The Kier molecular flexibility index (Phi) is 4.63. The Hall–Kier alpha value is -2.79. The monoisotopic (exact) mass is 403 g/mol. The molecule has 10 nitrogen and oxygen atoms in total. The zero-order valence-electron chi connectivity index (χ0n) is 15.6. The first-order valence-electron chi connectivity index (χ1n) is 8.78. The molecule has 1 aliphatic rings. The Morgan fingerprint density at radius 3 is 2.71 bits per heavy atom. The summed E-state index contributed by atoms with van der Waals surface area (Å²) >= 11 is 0. The molecule has 0 aromatic carbocycles. The van der Waals surface area contributed by atoms with Gasteiger partial charge in [-0.25, -0.2) is 28.4 Å². The zero-order chi connectivity index (χ0) is 19.9. The van der Waals surface area contributed by atoms with Crippen LogP contribution < -0.4 is 10.6 Å². The summed E-state index contributed by atoms with van der Waals surface area (Å²) in [5.74, 6) is 0.699. The summed E-state index contributed by atoms with van der Waals surface area (Å²) in [4.78, 5) is 19.5. The minimum absolute atomic E-state index is 0.113. The van der Waals surface area contributed by atoms with Crippen molar-refractivity contribution in [3.63, 3.8) is 0 Å². The van der Waals surface area contributed by atoms with Crippen LogP contribution >= 0.6 is 0 Å². The Morgan fingerprint density at radius 2 is 2.04 bits per heavy atom. The number of sulfone groups is 1. The highest BCUT2D eigenvalue weighted by Crippen LogP contribution is 2.31. The summed E-state index contributed by atoms with van der Waals surface area (Å²) in [6.45, 7) is 3.90. The van der Waals surface area contributed by atoms with Crippen molar-refractivity contribution >= 4 is 32.6 Å². The molecule has 3 aromatic rings. The fourth-order valence-electron chi connectivity index (χ4n) is 3.26. The summed E-state index contributed by atoms with van der Waals surface area (Å²) < 4.78 is 30.8. The molecule has 0 unspecified atom stereocenters. The van der Waals surface area contributed by atoms with Crippen molar-refractivity contribution in [3.05, 3.63) is 24.8 Å². The summed E-state index contributed by atoms with van der Waals surface area (Å²) in [6.07, 6.45) is 5.92. The smallest absolute Gasteiger partial charge is 0.219 e. The highest BCUT2D eigenvalue weighted by Gasteiger charge is 2.25. The lowest BCUT2D eigenvalue weighted by Crippen LogP contribution is -2.44. The third-order valence-corrected chi connectivity index (χ3v) is 5.32. The summed E-state index contributed by atoms with van der Waals surface area (Å²) in [7, 11) is -3.24. The fourth-order valence-corrected chi connectivity index (χ4v) is 3.97. The van der Waals surface area contributed by atoms with Crippen molar-refractivity contribution < 1.29 is 13.2 Å². The van der Waals surface area contributed by atoms with Crippen LogP contribution in [0.1, 0.15) is 6.92 Å². The lowest BCUT2D eigenvalue weighted by atomic mass is 10.2. The lowest BCUT2D eigenvalue weighted by molar-refractivity contribution is 0.0987. The predicted octanol–water partition coefficient (Wildman–Crippen LogP) is 0.698. The number of nitrogens with two attached hydrogens (primary N) is 1. The van der Waals surface area contributed by atoms with Gasteiger partial charge in [0.15, 0.2) is 15.7 Å². The van der Waals surface area contributed by atoms with Gasteiger partial charge in [0, 0.05) is 30.8 Å². The maximum Gasteiger partial charge on any atom is 0.219 e. The summed E-state index contributed by atoms with van der Waals surface area (Å²) in [5, 5.41) is 0. The third kappa shape index (κ3) is 3.62. The number of rotatable bonds is 4. The Morgan fingerprint density at radius 1 is 1.29 bits per heavy atom. The summed E-state index contributed by atoms with van der Waals surface area (Å²) in [6, 6.07) is 1.92. The van der Waals surface area contributed by atoms with E-state index in [-0.39, 0.29) is 17.9 Å². The number of hydrogen-bond acceptors (Lipinski definition) is 9. The second-order valence-electron chi connectivity index (χ2n) is 6.92. The van der Waals surface area contributed by atoms with Gasteiger partial charge >= 0.3 is 0 Å². The molecule has 2 N–H and O–H groups in total. The number of anilines is 2. The molecular weight excluding hydrogens is 382 g/mol. The van der Waals surface area contributed by atoms with E-state index in [2.05, 4.69) is 26.8 Å². The largest absolute Gasteiger partial charge is 0.377 e. The van der Waals surface area contributed by atoms with Gasteiger partial charge in [-0.2, -0.15) is 0 Å². The number of nitrogen functional groups attached to an aromatic ring is 1. The normalized spacial score (nSPS) is 17.9. The van der Waals surface area contributed by atoms with Gasteiger partial charge in [0.25, 0.3) is 0 Å². The average Bonchev–Trinajstić information content (AvgIpc) is 3.03. The molecule has 0 aliphatic carbocycles. The van der Waals surface area contributed by atoms with Crippen LogP contribution in [0.2, 0.25) is 0 Å². The number of hydrogen-bond donors (Lipinski definition) is 1. The van der Waals surface area contributed by atoms with Crippen LogP contribution in [-0.4, -0.2) is 65.0 Å². The molecule has 1 atom stereocenters. The van der Waals surface area contributed by atoms with Crippen molar-refractivity contribution in [3.8, 4) is 11.3 Å². The second kappa shape index (κ2) is 6.99. The van der Waals surface area contributed by atoms with E-state index in [1.54, 1.807) is 23.0 Å². The molecule has 4 heterocycles. The number of imidazole rings is 1. The summed E-state index contributed by atoms with van der Waals surface area (Å²) in [5.41, 5.74) is 8.23. The van der Waals surface area contributed by atoms with Crippen LogP contribution in [0.4, 0.5) is 11.8 Å². The minimum atomic E-state index is -3.24. The van der Waals surface area contributed by atoms with E-state index in [0.717, 1.165) is 0 Å². The van der Waals surface area contributed by atoms with E-state index in [0.29, 0.717) is 47.9 Å². The van der Waals surface area contributed by atoms with E-state index in [9.17, 15) is 8.42 Å². The molecule has 1 saturated heterocycles. The predicted molar refractivity (Wildman–Crippen MR) is 105 cm³/mol. The molecule has 11 heteroatoms. The molecule has 0 spiro atoms. The molecule has 0 bridgehead atoms. The van der Waals surface area contributed by atoms with E-state index >= 15 is 0 Å². The number of ether oxygens (including phenoxy) is 1. The topological polar surface area (TPSA) is 129 Å². The van der Waals surface area contributed by atoms with Gasteiger partial charge < -0.3 is 19.9 Å². The highest BCUT2D eigenvalue weighted by atomic mass is 32.2. The van der Waals surface area contributed by atoms with Crippen molar-refractivity contribution in [2.45, 2.75) is 18.8 Å². The molecular formula is C17H21N7O3S. The number of morpholine rings is 1. The van der Waals surface area contributed by atoms with Gasteiger partial charge in [0.2, 0.25) is 5.95 Å². The molecule has 1 fully saturated rings. The first kappa shape index (κ1) is 18.6. The van der Waals surface area contributed by atoms with Gasteiger partial charge in [-0.05, 0) is 13.0 Å². The fraction of sp³-hybridized carbons (Fsp3) is 0.412. The first-order chi connectivity index (χ1) is 13.3. The minimum Gasteiger partial charge on any atom is -0.377 e. The van der Waals surface area contributed by atoms with Crippen molar-refractivity contribution in [1.82, 2.24) is 24.5 Å². The molecule has 148 valence electrons. The van der Waals surface area contributed by atoms with Crippen LogP contribution in [0.25, 0.3) is 22.3 Å². The molecule has 0 amide bonds. The Labute approximate surface area is 162 Å². The molecule has 1 aliphatic heterocycles. The van der Waals surface area contributed by atoms with Gasteiger partial charge in [-0.15, -0.1) is 0 Å². The lowest BCUT2D eigenvalue weighted by Gasteiger charge is -2.34. The second-order valence-corrected chi connectivity index (χ2v) is 9.03. The van der Waals surface area contributed by atoms with Crippen molar-refractivity contribution in [2.24, 2.45) is 0 Å². The quantitative estimate of drug-likeness (QED) is 0.669. The molecule has 28 heavy (non-hydrogen) atoms. The van der Waals surface area contributed by atoms with Gasteiger partial charge in [0.05, 0.1) is 36.8 Å². The Balaban J connectivity index is 1.91. The highest BCUT2D eigenvalue weighted by molar-refractivity contribution is 7.89. The van der Waals surface area contributed by atoms with Crippen molar-refractivity contribution in [1.29, 1.82) is 0 Å². The SMILES string of the molecule is C[C@@H]1COCCN1c1nc(-c2cnc(N)nc2)cc2c1ncn2CS(C)(=O)=O. The standard InChI is InChI=1S/C17H21N7O3S/c1-11-8-27-4-3-24(11)16-15-14(23(9-21-15)10-28(2,25)26)5-13(22-16)12-6-19-17(18)20-7-12/h5-7,9,11H,3-4,8,10H2,1-2H3,(H2,18,19,20)/t11-/m1/s1. The number of pyridine rings is 1. The van der Waals surface area contributed by atoms with E-state index < -0.39 is 9.84 Å². The van der Waals surface area contributed by atoms with Crippen molar-refractivity contribution in [2.75, 3.05) is 36.6 Å². The van der Waals surface area contributed by atoms with Crippen LogP contribution in [0.5, 0.6) is 0 Å². The van der Waals surface area contributed by atoms with Gasteiger partial charge in [0.1, 0.15) is 11.4 Å². The van der Waals surface area contributed by atoms with Crippen LogP contribution in [0.3, 0.4) is 0 Å². The van der Waals surface area contributed by atoms with Gasteiger partial charge in [-0.3, -0.25) is 0 Å². The van der Waals surface area contributed by atoms with E-state index in [1.165, 1.54) is 12.6 Å². The Bertz CT molecular complexity index is 1110. The average molecular weight is 403 g/mol. The first-order valence-corrected chi connectivity index (χ1v) is 10.8. The maximum atomic E-state index is 11.8. The van der Waals surface area contributed by atoms with Crippen LogP contribution in [0.15, 0.2) is 24.8 Å². The number of nitrogens with zero attached hydrogens (tertiary/aromatic N) is 6. The van der Waals surface area contributed by atoms with E-state index in [4.69, 9.17) is 15.5 Å². The van der Waals surface area contributed by atoms with Gasteiger partial charge in [-0.1, -0.05) is 0 Å². The van der Waals surface area contributed by atoms with Crippen LogP contribution in [0, 0.1) is 0 Å². The zero-order valence-corrected chi connectivity index (χ0v) is 16.4. The molecule has 3 aromatic heterocycles. The molecule has 0 radical (unpaired) electrons. The molecule has 0 saturated carbocycles. The van der Waals surface area contributed by atoms with Crippen LogP contribution in [-0.2, 0) is 20.5 Å². The molecule has 4 rings (SSSR count). The van der Waals surface area contributed by atoms with E-state index in [1.807, 2.05) is 0 Å². The third-order valence-electron chi connectivity index (χ3n) is 4.57. The number of aromatic nitrogens is 5.